The number of carbonyl (C=O) groups is 2. The van der Waals surface area contributed by atoms with Crippen molar-refractivity contribution in [3.05, 3.63) is 0 Å². The fourth-order valence-electron chi connectivity index (χ4n) is 0.268. The minimum atomic E-state index is -1.17. The Morgan fingerprint density at radius 2 is 2.00 bits per heavy atom. The molecule has 10 heavy (non-hydrogen) atoms. The van der Waals surface area contributed by atoms with Gasteiger partial charge < -0.3 is 14.9 Å². The van der Waals surface area contributed by atoms with E-state index in [1.807, 2.05) is 0 Å². The third kappa shape index (κ3) is 3.85. The fourth-order valence-corrected chi connectivity index (χ4v) is 0.268. The maximum absolute atomic E-state index is 9.99. The Labute approximate surface area is 57.2 Å². The monoisotopic (exact) mass is 148 g/mol. The van der Waals surface area contributed by atoms with Gasteiger partial charge in [0.1, 0.15) is 6.61 Å². The Kier molecular flexibility index (Phi) is 3.42. The average molecular weight is 148 g/mol. The first-order valence-corrected chi connectivity index (χ1v) is 2.60. The minimum Gasteiger partial charge on any atom is -0.480 e. The van der Waals surface area contributed by atoms with Crippen LogP contribution in [0.25, 0.3) is 0 Å². The van der Waals surface area contributed by atoms with E-state index in [2.05, 4.69) is 4.74 Å². The molecule has 0 bridgehead atoms. The van der Waals surface area contributed by atoms with Crippen molar-refractivity contribution in [1.29, 1.82) is 0 Å². The van der Waals surface area contributed by atoms with Crippen LogP contribution in [-0.4, -0.2) is 34.9 Å². The van der Waals surface area contributed by atoms with Crippen molar-refractivity contribution in [3.8, 4) is 0 Å². The van der Waals surface area contributed by atoms with Gasteiger partial charge in [-0.1, -0.05) is 0 Å². The van der Waals surface area contributed by atoms with Gasteiger partial charge in [-0.15, -0.1) is 0 Å². The van der Waals surface area contributed by atoms with Gasteiger partial charge in [0.2, 0.25) is 0 Å². The average Bonchev–Trinajstić information content (AvgIpc) is 1.82. The van der Waals surface area contributed by atoms with Crippen molar-refractivity contribution in [2.24, 2.45) is 0 Å². The molecule has 2 N–H and O–H groups in total. The number of hydrogen-bond donors (Lipinski definition) is 2. The van der Waals surface area contributed by atoms with E-state index in [0.717, 1.165) is 0 Å². The van der Waals surface area contributed by atoms with Crippen molar-refractivity contribution in [2.45, 2.75) is 13.0 Å². The number of carboxylic acid groups (broad SMARTS) is 2. The van der Waals surface area contributed by atoms with Crippen molar-refractivity contribution in [1.82, 2.24) is 0 Å². The normalized spacial score (nSPS) is 12.5. The first-order chi connectivity index (χ1) is 4.54. The summed E-state index contributed by atoms with van der Waals surface area (Å²) in [6.07, 6.45) is -1.06. The molecule has 5 heteroatoms. The van der Waals surface area contributed by atoms with Gasteiger partial charge in [-0.05, 0) is 6.92 Å². The van der Waals surface area contributed by atoms with E-state index in [4.69, 9.17) is 10.2 Å². The molecule has 0 spiro atoms. The molecule has 0 saturated carbocycles. The SMILES string of the molecule is CC(OCC(=O)O)C(=O)O. The van der Waals surface area contributed by atoms with Crippen molar-refractivity contribution in [2.75, 3.05) is 6.61 Å². The second-order valence-electron chi connectivity index (χ2n) is 1.69. The lowest BCUT2D eigenvalue weighted by Crippen LogP contribution is -2.23. The highest BCUT2D eigenvalue weighted by Gasteiger charge is 2.11. The molecule has 0 radical (unpaired) electrons. The molecule has 1 unspecified atom stereocenters. The van der Waals surface area contributed by atoms with Crippen LogP contribution >= 0.6 is 0 Å². The molecule has 0 aromatic carbocycles. The molecule has 0 aromatic rings. The van der Waals surface area contributed by atoms with Crippen LogP contribution in [0.1, 0.15) is 6.92 Å². The molecule has 0 aliphatic carbocycles. The van der Waals surface area contributed by atoms with E-state index < -0.39 is 24.6 Å². The first-order valence-electron chi connectivity index (χ1n) is 2.60. The summed E-state index contributed by atoms with van der Waals surface area (Å²) in [5.41, 5.74) is 0. The van der Waals surface area contributed by atoms with Crippen LogP contribution in [0.2, 0.25) is 0 Å². The van der Waals surface area contributed by atoms with Gasteiger partial charge in [-0.25, -0.2) is 9.59 Å². The molecule has 58 valence electrons. The molecule has 0 aromatic heterocycles. The number of carboxylic acids is 2. The van der Waals surface area contributed by atoms with Crippen LogP contribution in [0.4, 0.5) is 0 Å². The maximum Gasteiger partial charge on any atom is 0.332 e. The smallest absolute Gasteiger partial charge is 0.332 e. The third-order valence-electron chi connectivity index (χ3n) is 0.805. The van der Waals surface area contributed by atoms with E-state index in [-0.39, 0.29) is 0 Å². The molecular weight excluding hydrogens is 140 g/mol. The van der Waals surface area contributed by atoms with Crippen LogP contribution < -0.4 is 0 Å². The van der Waals surface area contributed by atoms with Gasteiger partial charge in [0, 0.05) is 0 Å². The maximum atomic E-state index is 9.99. The lowest BCUT2D eigenvalue weighted by atomic mass is 10.4. The molecule has 0 rings (SSSR count). The molecule has 0 amide bonds. The van der Waals surface area contributed by atoms with Crippen LogP contribution in [0.3, 0.4) is 0 Å². The highest BCUT2D eigenvalue weighted by atomic mass is 16.5. The second-order valence-corrected chi connectivity index (χ2v) is 1.69. The summed E-state index contributed by atoms with van der Waals surface area (Å²) in [7, 11) is 0. The summed E-state index contributed by atoms with van der Waals surface area (Å²) in [5, 5.41) is 16.2. The van der Waals surface area contributed by atoms with Crippen molar-refractivity contribution < 1.29 is 24.5 Å². The molecule has 5 nitrogen and oxygen atoms in total. The number of aliphatic carboxylic acids is 2. The lowest BCUT2D eigenvalue weighted by molar-refractivity contribution is -0.154. The van der Waals surface area contributed by atoms with Crippen molar-refractivity contribution >= 4 is 11.9 Å². The van der Waals surface area contributed by atoms with Gasteiger partial charge >= 0.3 is 11.9 Å². The van der Waals surface area contributed by atoms with E-state index in [1.54, 1.807) is 0 Å². The minimum absolute atomic E-state index is 0.576. The van der Waals surface area contributed by atoms with Gasteiger partial charge in [-0.2, -0.15) is 0 Å². The predicted molar refractivity (Wildman–Crippen MR) is 30.7 cm³/mol. The van der Waals surface area contributed by atoms with Gasteiger partial charge in [-0.3, -0.25) is 0 Å². The summed E-state index contributed by atoms with van der Waals surface area (Å²) in [5.74, 6) is -2.34. The molecule has 0 aliphatic heterocycles. The highest BCUT2D eigenvalue weighted by Crippen LogP contribution is 1.88. The van der Waals surface area contributed by atoms with E-state index in [0.29, 0.717) is 0 Å². The summed E-state index contributed by atoms with van der Waals surface area (Å²) in [6.45, 7) is 0.693. The summed E-state index contributed by atoms with van der Waals surface area (Å²) >= 11 is 0. The van der Waals surface area contributed by atoms with Gasteiger partial charge in [0.25, 0.3) is 0 Å². The van der Waals surface area contributed by atoms with Crippen LogP contribution in [0.15, 0.2) is 0 Å². The first kappa shape index (κ1) is 8.90. The quantitative estimate of drug-likeness (QED) is 0.564. The van der Waals surface area contributed by atoms with E-state index in [1.165, 1.54) is 6.92 Å². The van der Waals surface area contributed by atoms with Crippen LogP contribution in [-0.2, 0) is 14.3 Å². The van der Waals surface area contributed by atoms with Crippen LogP contribution in [0, 0.1) is 0 Å². The van der Waals surface area contributed by atoms with Gasteiger partial charge in [0.15, 0.2) is 6.10 Å². The standard InChI is InChI=1S/C5H8O5/c1-3(5(8)9)10-2-4(6)7/h3H,2H2,1H3,(H,6,7)(H,8,9). The fraction of sp³-hybridized carbons (Fsp3) is 0.600. The molecule has 0 heterocycles. The molecular formula is C5H8O5. The molecule has 0 fully saturated rings. The zero-order valence-corrected chi connectivity index (χ0v) is 5.40. The zero-order valence-electron chi connectivity index (χ0n) is 5.40. The predicted octanol–water partition coefficient (Wildman–Crippen LogP) is -0.439. The van der Waals surface area contributed by atoms with E-state index in [9.17, 15) is 9.59 Å². The summed E-state index contributed by atoms with van der Waals surface area (Å²) in [6, 6.07) is 0. The number of hydrogen-bond acceptors (Lipinski definition) is 3. The third-order valence-corrected chi connectivity index (χ3v) is 0.805. The second kappa shape index (κ2) is 3.84. The molecule has 1 atom stereocenters. The highest BCUT2D eigenvalue weighted by molar-refractivity contribution is 5.73. The van der Waals surface area contributed by atoms with Crippen LogP contribution in [0.5, 0.6) is 0 Å². The molecule has 0 saturated heterocycles. The Morgan fingerprint density at radius 1 is 1.50 bits per heavy atom. The van der Waals surface area contributed by atoms with Gasteiger partial charge in [0.05, 0.1) is 0 Å². The lowest BCUT2D eigenvalue weighted by Gasteiger charge is -2.03. The topological polar surface area (TPSA) is 83.8 Å². The Morgan fingerprint density at radius 3 is 2.30 bits per heavy atom. The van der Waals surface area contributed by atoms with E-state index >= 15 is 0 Å². The Hall–Kier alpha value is -1.10. The largest absolute Gasteiger partial charge is 0.480 e. The number of ether oxygens (including phenoxy) is 1. The summed E-state index contributed by atoms with van der Waals surface area (Å²) < 4.78 is 4.37. The molecule has 0 aliphatic rings. The van der Waals surface area contributed by atoms with Crippen molar-refractivity contribution in [3.63, 3.8) is 0 Å². The Bertz CT molecular complexity index is 141. The number of rotatable bonds is 4. The summed E-state index contributed by atoms with van der Waals surface area (Å²) in [4.78, 5) is 19.8. The Balaban J connectivity index is 3.49. The zero-order chi connectivity index (χ0) is 8.15.